The van der Waals surface area contributed by atoms with Gasteiger partial charge in [0.1, 0.15) is 6.23 Å². The van der Waals surface area contributed by atoms with Gasteiger partial charge in [0.2, 0.25) is 0 Å². The van der Waals surface area contributed by atoms with E-state index < -0.39 is 13.9 Å². The fourth-order valence-electron chi connectivity index (χ4n) is 6.50. The molecule has 0 bridgehead atoms. The van der Waals surface area contributed by atoms with Gasteiger partial charge >= 0.3 is 7.82 Å². The number of nitrogens with one attached hydrogen (secondary N) is 1. The van der Waals surface area contributed by atoms with Crippen LogP contribution in [-0.4, -0.2) is 67.4 Å². The second-order valence-electron chi connectivity index (χ2n) is 13.9. The molecular weight excluding hydrogens is 675 g/mol. The molecule has 0 saturated carbocycles. The number of phosphoric ester groups is 1. The summed E-state index contributed by atoms with van der Waals surface area (Å²) in [5.74, 6) is 1.18. The quantitative estimate of drug-likeness (QED) is 0.0567. The average molecular weight is 743 g/mol. The Morgan fingerprint density at radius 2 is 1.54 bits per heavy atom. The third-order valence-electron chi connectivity index (χ3n) is 9.55. The summed E-state index contributed by atoms with van der Waals surface area (Å²) in [5.41, 5.74) is 0.366. The minimum absolute atomic E-state index is 0.0735. The highest BCUT2D eigenvalue weighted by Crippen LogP contribution is 2.44. The molecule has 2 aromatic rings. The van der Waals surface area contributed by atoms with Crippen molar-refractivity contribution in [2.24, 2.45) is 0 Å². The zero-order valence-corrected chi connectivity index (χ0v) is 32.9. The number of unbranched alkanes of at least 4 members (excludes halogenated alkanes) is 15. The van der Waals surface area contributed by atoms with Crippen LogP contribution in [0.4, 0.5) is 0 Å². The predicted molar refractivity (Wildman–Crippen MR) is 204 cm³/mol. The molecule has 1 fully saturated rings. The van der Waals surface area contributed by atoms with Gasteiger partial charge in [0, 0.05) is 11.9 Å². The van der Waals surface area contributed by atoms with Crippen LogP contribution < -0.4 is 5.56 Å². The van der Waals surface area contributed by atoms with E-state index in [0.29, 0.717) is 36.8 Å². The Kier molecular flexibility index (Phi) is 22.1. The van der Waals surface area contributed by atoms with Gasteiger partial charge in [0.25, 0.3) is 5.56 Å². The van der Waals surface area contributed by atoms with E-state index in [9.17, 15) is 14.3 Å². The molecule has 288 valence electrons. The van der Waals surface area contributed by atoms with E-state index in [1.165, 1.54) is 134 Å². The Labute approximate surface area is 305 Å². The lowest BCUT2D eigenvalue weighted by Crippen LogP contribution is -2.25. The lowest BCUT2D eigenvalue weighted by Gasteiger charge is -2.24. The highest BCUT2D eigenvalue weighted by atomic mass is 32.2. The monoisotopic (exact) mass is 742 g/mol. The number of hydrogen-bond donors (Lipinski definition) is 2. The number of thioether (sulfide) groups is 1. The first-order valence-corrected chi connectivity index (χ1v) is 22.3. The Morgan fingerprint density at radius 1 is 0.900 bits per heavy atom. The lowest BCUT2D eigenvalue weighted by molar-refractivity contribution is -0.0227. The summed E-state index contributed by atoms with van der Waals surface area (Å²) < 4.78 is 37.0. The summed E-state index contributed by atoms with van der Waals surface area (Å²) in [6, 6.07) is 0. The maximum atomic E-state index is 12.6. The average Bonchev–Trinajstić information content (AvgIpc) is 3.76. The molecule has 13 heteroatoms. The van der Waals surface area contributed by atoms with E-state index in [0.717, 1.165) is 0 Å². The second kappa shape index (κ2) is 25.7. The first-order valence-electron chi connectivity index (χ1n) is 19.7. The number of hydrogen-bond acceptors (Lipinski definition) is 9. The minimum Gasteiger partial charge on any atom is -0.377 e. The molecule has 1 aliphatic heterocycles. The van der Waals surface area contributed by atoms with Crippen molar-refractivity contribution in [1.29, 1.82) is 0 Å². The molecular formula is C37H67N4O7PS. The largest absolute Gasteiger partial charge is 0.472 e. The van der Waals surface area contributed by atoms with Gasteiger partial charge in [0.05, 0.1) is 38.1 Å². The number of imidazole rings is 1. The maximum Gasteiger partial charge on any atom is 0.472 e. The molecule has 0 amide bonds. The van der Waals surface area contributed by atoms with Crippen LogP contribution in [0, 0.1) is 0 Å². The number of rotatable bonds is 31. The summed E-state index contributed by atoms with van der Waals surface area (Å²) >= 11 is 2.07. The molecule has 0 spiro atoms. The van der Waals surface area contributed by atoms with Gasteiger partial charge in [-0.15, -0.1) is 0 Å². The Bertz CT molecular complexity index is 1260. The Morgan fingerprint density at radius 3 is 2.22 bits per heavy atom. The molecule has 5 atom stereocenters. The topological polar surface area (TPSA) is 138 Å². The number of fused-ring (bicyclic) bond motifs is 1. The molecule has 50 heavy (non-hydrogen) atoms. The van der Waals surface area contributed by atoms with Crippen molar-refractivity contribution in [1.82, 2.24) is 19.5 Å². The van der Waals surface area contributed by atoms with Gasteiger partial charge in [-0.3, -0.25) is 18.4 Å². The number of phosphoric acid groups is 1. The van der Waals surface area contributed by atoms with E-state index in [4.69, 9.17) is 18.5 Å². The van der Waals surface area contributed by atoms with Crippen molar-refractivity contribution in [3.05, 3.63) is 23.0 Å². The van der Waals surface area contributed by atoms with Crippen LogP contribution in [-0.2, 0) is 23.1 Å². The maximum absolute atomic E-state index is 12.6. The van der Waals surface area contributed by atoms with Crippen LogP contribution in [0.5, 0.6) is 0 Å². The highest BCUT2D eigenvalue weighted by molar-refractivity contribution is 7.99. The number of H-pyrrole nitrogens is 1. The van der Waals surface area contributed by atoms with Crippen LogP contribution in [0.15, 0.2) is 17.4 Å². The van der Waals surface area contributed by atoms with Crippen LogP contribution in [0.1, 0.15) is 162 Å². The molecule has 0 aliphatic carbocycles. The van der Waals surface area contributed by atoms with Crippen molar-refractivity contribution < 1.29 is 28.0 Å². The zero-order valence-electron chi connectivity index (χ0n) is 31.2. The van der Waals surface area contributed by atoms with Crippen LogP contribution in [0.3, 0.4) is 0 Å². The van der Waals surface area contributed by atoms with E-state index in [-0.39, 0.29) is 36.6 Å². The third kappa shape index (κ3) is 17.0. The number of ether oxygens (including phenoxy) is 2. The number of nitrogens with zero attached hydrogens (tertiary/aromatic N) is 3. The molecule has 3 rings (SSSR count). The van der Waals surface area contributed by atoms with Gasteiger partial charge in [-0.05, 0) is 44.8 Å². The summed E-state index contributed by atoms with van der Waals surface area (Å²) in [6.07, 6.45) is 27.9. The van der Waals surface area contributed by atoms with E-state index in [1.54, 1.807) is 4.57 Å². The van der Waals surface area contributed by atoms with Crippen molar-refractivity contribution in [3.8, 4) is 0 Å². The van der Waals surface area contributed by atoms with E-state index in [2.05, 4.69) is 47.5 Å². The molecule has 1 saturated heterocycles. The molecule has 0 aromatic carbocycles. The van der Waals surface area contributed by atoms with Gasteiger partial charge < -0.3 is 19.4 Å². The van der Waals surface area contributed by atoms with Gasteiger partial charge in [0.15, 0.2) is 11.2 Å². The molecule has 3 heterocycles. The second-order valence-corrected chi connectivity index (χ2v) is 16.7. The summed E-state index contributed by atoms with van der Waals surface area (Å²) in [4.78, 5) is 33.1. The molecule has 11 nitrogen and oxygen atoms in total. The number of aromatic nitrogens is 4. The van der Waals surface area contributed by atoms with Crippen LogP contribution in [0.2, 0.25) is 0 Å². The number of aromatic amines is 1. The molecule has 2 N–H and O–H groups in total. The third-order valence-corrected chi connectivity index (χ3v) is 12.1. The lowest BCUT2D eigenvalue weighted by atomic mass is 10.1. The van der Waals surface area contributed by atoms with Gasteiger partial charge in [-0.1, -0.05) is 117 Å². The first kappa shape index (κ1) is 43.1. The van der Waals surface area contributed by atoms with E-state index in [1.807, 2.05) is 0 Å². The standard InChI is InChI=1S/C37H67N4O7PS/c1-4-6-8-10-12-13-14-16-18-20-27-50-33(22-19-17-15-11-9-7-5-2)31(3)45-25-21-26-46-49(43,44)47-28-32-23-24-34(48-32)41-30-40-35-36(41)38-29-39-37(35)42/h29-34H,4-28H2,1-3H3,(H,43,44)(H,38,39,42)/t31?,32-,33?,34+/m0/s1. The molecule has 1 aliphatic rings. The van der Waals surface area contributed by atoms with Gasteiger partial charge in [-0.2, -0.15) is 11.8 Å². The smallest absolute Gasteiger partial charge is 0.377 e. The van der Waals surface area contributed by atoms with E-state index >= 15 is 0 Å². The molecule has 0 radical (unpaired) electrons. The van der Waals surface area contributed by atoms with Gasteiger partial charge in [-0.25, -0.2) is 14.5 Å². The fraction of sp³-hybridized carbons (Fsp3) is 0.865. The zero-order chi connectivity index (χ0) is 35.9. The van der Waals surface area contributed by atoms with Crippen LogP contribution in [0.25, 0.3) is 11.2 Å². The van der Waals surface area contributed by atoms with Crippen molar-refractivity contribution in [3.63, 3.8) is 0 Å². The minimum atomic E-state index is -4.23. The normalized spacial score (nSPS) is 18.9. The van der Waals surface area contributed by atoms with Crippen molar-refractivity contribution >= 4 is 30.7 Å². The van der Waals surface area contributed by atoms with Crippen LogP contribution >= 0.6 is 19.6 Å². The predicted octanol–water partition coefficient (Wildman–Crippen LogP) is 9.89. The Balaban J connectivity index is 1.29. The first-order chi connectivity index (χ1) is 24.3. The highest BCUT2D eigenvalue weighted by Gasteiger charge is 2.31. The molecule has 3 unspecified atom stereocenters. The SMILES string of the molecule is CCCCCCCCCCCCSC(CCCCCCCCC)C(C)OCCCOP(=O)(O)OC[C@@H]1CC[C@H](n2cnc3c(=O)[nH]cnc32)O1. The molecule has 2 aromatic heterocycles. The van der Waals surface area contributed by atoms with Crippen molar-refractivity contribution in [2.75, 3.05) is 25.6 Å². The summed E-state index contributed by atoms with van der Waals surface area (Å²) in [7, 11) is -4.23. The summed E-state index contributed by atoms with van der Waals surface area (Å²) in [6.45, 7) is 7.18. The summed E-state index contributed by atoms with van der Waals surface area (Å²) in [5, 5.41) is 0.462. The van der Waals surface area contributed by atoms with Crippen molar-refractivity contribution in [2.45, 2.75) is 179 Å². The Hall–Kier alpha value is -1.27. The fourth-order valence-corrected chi connectivity index (χ4v) is 8.64.